The average molecular weight is 459 g/mol. The molecule has 33 heavy (non-hydrogen) atoms. The summed E-state index contributed by atoms with van der Waals surface area (Å²) >= 11 is 0. The number of aryl methyl sites for hydroxylation is 1. The Hall–Kier alpha value is -3.82. The SMILES string of the molecule is CCN(CC)c1cc(C)nc(Nc2ccc(NC(=O)c3ccccc3OC(F)(F)F)cc2)n1. The number of alkyl halides is 3. The third-order valence-electron chi connectivity index (χ3n) is 4.68. The number of nitrogens with zero attached hydrogens (tertiary/aromatic N) is 3. The maximum Gasteiger partial charge on any atom is 0.573 e. The van der Waals surface area contributed by atoms with Gasteiger partial charge in [-0.25, -0.2) is 4.98 Å². The molecule has 0 fully saturated rings. The van der Waals surface area contributed by atoms with Gasteiger partial charge in [0.1, 0.15) is 11.6 Å². The minimum absolute atomic E-state index is 0.228. The lowest BCUT2D eigenvalue weighted by molar-refractivity contribution is -0.274. The van der Waals surface area contributed by atoms with Gasteiger partial charge >= 0.3 is 6.36 Å². The number of nitrogens with one attached hydrogen (secondary N) is 2. The quantitative estimate of drug-likeness (QED) is 0.461. The normalized spacial score (nSPS) is 11.1. The van der Waals surface area contributed by atoms with Crippen molar-refractivity contribution < 1.29 is 22.7 Å². The third-order valence-corrected chi connectivity index (χ3v) is 4.68. The molecule has 2 N–H and O–H groups in total. The molecular weight excluding hydrogens is 435 g/mol. The summed E-state index contributed by atoms with van der Waals surface area (Å²) < 4.78 is 41.7. The Balaban J connectivity index is 1.71. The number of benzene rings is 2. The van der Waals surface area contributed by atoms with Gasteiger partial charge in [0.25, 0.3) is 5.91 Å². The van der Waals surface area contributed by atoms with Crippen molar-refractivity contribution in [3.63, 3.8) is 0 Å². The molecule has 0 spiro atoms. The standard InChI is InChI=1S/C23H24F3N5O2/c1-4-31(5-2)20-14-15(3)27-22(30-20)29-17-12-10-16(11-13-17)28-21(32)18-8-6-7-9-19(18)33-23(24,25)26/h6-14H,4-5H2,1-3H3,(H,28,32)(H,27,29,30). The predicted molar refractivity (Wildman–Crippen MR) is 121 cm³/mol. The molecule has 3 rings (SSSR count). The van der Waals surface area contributed by atoms with Gasteiger partial charge in [-0.05, 0) is 57.2 Å². The number of hydrogen-bond acceptors (Lipinski definition) is 6. The van der Waals surface area contributed by atoms with Crippen LogP contribution in [0.5, 0.6) is 5.75 Å². The lowest BCUT2D eigenvalue weighted by Crippen LogP contribution is -2.23. The summed E-state index contributed by atoms with van der Waals surface area (Å²) in [5, 5.41) is 5.70. The molecule has 0 aliphatic rings. The van der Waals surface area contributed by atoms with E-state index < -0.39 is 18.0 Å². The van der Waals surface area contributed by atoms with Crippen LogP contribution in [0.2, 0.25) is 0 Å². The number of carbonyl (C=O) groups is 1. The van der Waals surface area contributed by atoms with Crippen LogP contribution in [0.3, 0.4) is 0 Å². The van der Waals surface area contributed by atoms with Crippen molar-refractivity contribution in [3.8, 4) is 5.75 Å². The van der Waals surface area contributed by atoms with Crippen molar-refractivity contribution in [1.29, 1.82) is 0 Å². The molecule has 10 heteroatoms. The average Bonchev–Trinajstić information content (AvgIpc) is 2.75. The fourth-order valence-corrected chi connectivity index (χ4v) is 3.15. The van der Waals surface area contributed by atoms with Gasteiger partial charge in [0.2, 0.25) is 5.95 Å². The van der Waals surface area contributed by atoms with Gasteiger partial charge in [-0.15, -0.1) is 13.2 Å². The molecule has 0 saturated carbocycles. The first-order chi connectivity index (χ1) is 15.7. The fraction of sp³-hybridized carbons (Fsp3) is 0.261. The Kier molecular flexibility index (Phi) is 7.37. The third kappa shape index (κ3) is 6.58. The van der Waals surface area contributed by atoms with E-state index in [1.807, 2.05) is 13.0 Å². The molecule has 174 valence electrons. The van der Waals surface area contributed by atoms with Crippen LogP contribution in [0.15, 0.2) is 54.6 Å². The minimum Gasteiger partial charge on any atom is -0.405 e. The molecule has 2 aromatic carbocycles. The number of ether oxygens (including phenoxy) is 1. The molecule has 0 unspecified atom stereocenters. The molecule has 1 amide bonds. The van der Waals surface area contributed by atoms with Crippen molar-refractivity contribution in [2.75, 3.05) is 28.6 Å². The van der Waals surface area contributed by atoms with Gasteiger partial charge in [-0.1, -0.05) is 12.1 Å². The zero-order valence-corrected chi connectivity index (χ0v) is 18.4. The first-order valence-corrected chi connectivity index (χ1v) is 10.3. The van der Waals surface area contributed by atoms with E-state index in [4.69, 9.17) is 0 Å². The van der Waals surface area contributed by atoms with Gasteiger partial charge < -0.3 is 20.3 Å². The summed E-state index contributed by atoms with van der Waals surface area (Å²) in [5.41, 5.74) is 1.68. The van der Waals surface area contributed by atoms with Gasteiger partial charge in [-0.3, -0.25) is 4.79 Å². The highest BCUT2D eigenvalue weighted by atomic mass is 19.4. The molecule has 0 aliphatic carbocycles. The molecule has 0 aliphatic heterocycles. The number of rotatable bonds is 8. The topological polar surface area (TPSA) is 79.4 Å². The summed E-state index contributed by atoms with van der Waals surface area (Å²) in [6, 6.07) is 13.7. The Morgan fingerprint density at radius 1 is 1.00 bits per heavy atom. The van der Waals surface area contributed by atoms with Crippen LogP contribution in [0.4, 0.5) is 36.3 Å². The number of amides is 1. The number of para-hydroxylation sites is 1. The number of anilines is 4. The Morgan fingerprint density at radius 2 is 1.64 bits per heavy atom. The molecule has 7 nitrogen and oxygen atoms in total. The Labute approximate surface area is 189 Å². The molecule has 1 heterocycles. The van der Waals surface area contributed by atoms with Gasteiger partial charge in [-0.2, -0.15) is 4.98 Å². The predicted octanol–water partition coefficient (Wildman–Crippen LogP) is 5.53. The fourth-order valence-electron chi connectivity index (χ4n) is 3.15. The van der Waals surface area contributed by atoms with Crippen molar-refractivity contribution in [2.45, 2.75) is 27.1 Å². The number of hydrogen-bond donors (Lipinski definition) is 2. The molecular formula is C23H24F3N5O2. The molecule has 0 radical (unpaired) electrons. The second-order valence-corrected chi connectivity index (χ2v) is 7.06. The molecule has 0 bridgehead atoms. The van der Waals surface area contributed by atoms with E-state index in [2.05, 4.69) is 44.1 Å². The first-order valence-electron chi connectivity index (χ1n) is 10.3. The van der Waals surface area contributed by atoms with Crippen molar-refractivity contribution in [1.82, 2.24) is 9.97 Å². The molecule has 0 saturated heterocycles. The highest BCUT2D eigenvalue weighted by Gasteiger charge is 2.32. The van der Waals surface area contributed by atoms with E-state index in [0.717, 1.165) is 30.7 Å². The summed E-state index contributed by atoms with van der Waals surface area (Å²) in [6.45, 7) is 7.62. The second kappa shape index (κ2) is 10.2. The van der Waals surface area contributed by atoms with Gasteiger partial charge in [0, 0.05) is 36.2 Å². The van der Waals surface area contributed by atoms with Crippen LogP contribution in [0, 0.1) is 6.92 Å². The zero-order valence-electron chi connectivity index (χ0n) is 18.4. The van der Waals surface area contributed by atoms with Crippen LogP contribution in [0.25, 0.3) is 0 Å². The van der Waals surface area contributed by atoms with Crippen LogP contribution in [-0.4, -0.2) is 35.3 Å². The maximum absolute atomic E-state index is 12.6. The van der Waals surface area contributed by atoms with Crippen molar-refractivity contribution >= 4 is 29.0 Å². The first kappa shape index (κ1) is 23.8. The lowest BCUT2D eigenvalue weighted by atomic mass is 10.2. The molecule has 1 aromatic heterocycles. The summed E-state index contributed by atoms with van der Waals surface area (Å²) in [4.78, 5) is 23.6. The Morgan fingerprint density at radius 3 is 2.27 bits per heavy atom. The summed E-state index contributed by atoms with van der Waals surface area (Å²) in [6.07, 6.45) is -4.90. The number of carbonyl (C=O) groups excluding carboxylic acids is 1. The minimum atomic E-state index is -4.90. The van der Waals surface area contributed by atoms with E-state index in [0.29, 0.717) is 17.3 Å². The molecule has 0 atom stereocenters. The smallest absolute Gasteiger partial charge is 0.405 e. The summed E-state index contributed by atoms with van der Waals surface area (Å²) in [7, 11) is 0. The van der Waals surface area contributed by atoms with Crippen molar-refractivity contribution in [3.05, 3.63) is 65.9 Å². The summed E-state index contributed by atoms with van der Waals surface area (Å²) in [5.74, 6) is -0.0339. The van der Waals surface area contributed by atoms with Crippen LogP contribution in [0.1, 0.15) is 29.9 Å². The van der Waals surface area contributed by atoms with E-state index in [9.17, 15) is 18.0 Å². The van der Waals surface area contributed by atoms with Gasteiger partial charge in [0.15, 0.2) is 0 Å². The van der Waals surface area contributed by atoms with Gasteiger partial charge in [0.05, 0.1) is 5.56 Å². The zero-order chi connectivity index (χ0) is 24.0. The number of halogens is 3. The second-order valence-electron chi connectivity index (χ2n) is 7.06. The largest absolute Gasteiger partial charge is 0.573 e. The monoisotopic (exact) mass is 459 g/mol. The Bertz CT molecular complexity index is 1100. The van der Waals surface area contributed by atoms with E-state index in [1.54, 1.807) is 24.3 Å². The lowest BCUT2D eigenvalue weighted by Gasteiger charge is -2.20. The maximum atomic E-state index is 12.6. The van der Waals surface area contributed by atoms with E-state index >= 15 is 0 Å². The van der Waals surface area contributed by atoms with E-state index in [1.165, 1.54) is 18.2 Å². The molecule has 3 aromatic rings. The van der Waals surface area contributed by atoms with Crippen LogP contribution < -0.4 is 20.3 Å². The number of aromatic nitrogens is 2. The highest BCUT2D eigenvalue weighted by Crippen LogP contribution is 2.27. The van der Waals surface area contributed by atoms with E-state index in [-0.39, 0.29) is 5.56 Å². The van der Waals surface area contributed by atoms with Crippen LogP contribution >= 0.6 is 0 Å². The highest BCUT2D eigenvalue weighted by molar-refractivity contribution is 6.06. The van der Waals surface area contributed by atoms with Crippen molar-refractivity contribution in [2.24, 2.45) is 0 Å². The van der Waals surface area contributed by atoms with Crippen LogP contribution in [-0.2, 0) is 0 Å².